The zero-order valence-corrected chi connectivity index (χ0v) is 11.5. The Kier molecular flexibility index (Phi) is 3.35. The van der Waals surface area contributed by atoms with E-state index in [4.69, 9.17) is 5.11 Å². The number of aromatic nitrogens is 1. The highest BCUT2D eigenvalue weighted by Crippen LogP contribution is 2.40. The molecule has 0 bridgehead atoms. The first kappa shape index (κ1) is 13.3. The number of rotatable bonds is 3. The van der Waals surface area contributed by atoms with Crippen molar-refractivity contribution in [2.45, 2.75) is 37.3 Å². The molecule has 108 valence electrons. The van der Waals surface area contributed by atoms with Crippen LogP contribution in [0.5, 0.6) is 0 Å². The third-order valence-corrected chi connectivity index (χ3v) is 4.33. The summed E-state index contributed by atoms with van der Waals surface area (Å²) < 4.78 is 0. The minimum absolute atomic E-state index is 0.0314. The molecule has 2 heterocycles. The number of carboxylic acid groups (broad SMARTS) is 1. The van der Waals surface area contributed by atoms with E-state index in [1.807, 2.05) is 5.38 Å². The van der Waals surface area contributed by atoms with Gasteiger partial charge in [0, 0.05) is 24.3 Å². The predicted octanol–water partition coefficient (Wildman–Crippen LogP) is 1.07. The molecule has 2 fully saturated rings. The number of β-amino-alcohol motifs (C(OH)–C–C–N with tert-alkyl or cyclic N) is 1. The molecule has 1 saturated carbocycles. The minimum Gasteiger partial charge on any atom is -0.480 e. The average molecular weight is 297 g/mol. The van der Waals surface area contributed by atoms with Crippen molar-refractivity contribution in [3.63, 3.8) is 0 Å². The van der Waals surface area contributed by atoms with Gasteiger partial charge >= 0.3 is 12.0 Å². The summed E-state index contributed by atoms with van der Waals surface area (Å²) in [6.07, 6.45) is 1.54. The Bertz CT molecular complexity index is 543. The molecular weight excluding hydrogens is 282 g/mol. The Morgan fingerprint density at radius 1 is 1.45 bits per heavy atom. The molecule has 1 saturated heterocycles. The SMILES string of the molecule is O=C(O)[C@@H]1CC(O)CN1C(=O)Nc1nc(C2CC2)cs1. The molecule has 7 nitrogen and oxygen atoms in total. The Labute approximate surface area is 119 Å². The summed E-state index contributed by atoms with van der Waals surface area (Å²) in [5.41, 5.74) is 0.988. The third-order valence-electron chi connectivity index (χ3n) is 3.56. The summed E-state index contributed by atoms with van der Waals surface area (Å²) in [6.45, 7) is 0.0314. The maximum absolute atomic E-state index is 12.1. The summed E-state index contributed by atoms with van der Waals surface area (Å²) in [4.78, 5) is 28.6. The number of carboxylic acids is 1. The lowest BCUT2D eigenvalue weighted by molar-refractivity contribution is -0.141. The first-order chi connectivity index (χ1) is 9.54. The van der Waals surface area contributed by atoms with Crippen LogP contribution in [0.15, 0.2) is 5.38 Å². The number of hydrogen-bond donors (Lipinski definition) is 3. The molecule has 3 rings (SSSR count). The quantitative estimate of drug-likeness (QED) is 0.774. The summed E-state index contributed by atoms with van der Waals surface area (Å²) in [5.74, 6) is -0.591. The number of nitrogens with zero attached hydrogens (tertiary/aromatic N) is 2. The topological polar surface area (TPSA) is 103 Å². The number of aliphatic hydroxyl groups excluding tert-OH is 1. The molecule has 1 aromatic heterocycles. The number of carbonyl (C=O) groups excluding carboxylic acids is 1. The van der Waals surface area contributed by atoms with E-state index in [0.29, 0.717) is 11.0 Å². The Balaban J connectivity index is 1.66. The Hall–Kier alpha value is -1.67. The van der Waals surface area contributed by atoms with E-state index in [1.54, 1.807) is 0 Å². The monoisotopic (exact) mass is 297 g/mol. The number of aliphatic carboxylic acids is 1. The number of thiazole rings is 1. The van der Waals surface area contributed by atoms with Crippen LogP contribution in [-0.2, 0) is 4.79 Å². The van der Waals surface area contributed by atoms with Gasteiger partial charge in [0.05, 0.1) is 11.8 Å². The second-order valence-electron chi connectivity index (χ2n) is 5.18. The number of aliphatic hydroxyl groups is 1. The van der Waals surface area contributed by atoms with Gasteiger partial charge < -0.3 is 15.1 Å². The zero-order valence-electron chi connectivity index (χ0n) is 10.7. The van der Waals surface area contributed by atoms with Gasteiger partial charge in [-0.1, -0.05) is 0 Å². The van der Waals surface area contributed by atoms with E-state index in [0.717, 1.165) is 23.4 Å². The molecule has 1 aromatic rings. The van der Waals surface area contributed by atoms with Gasteiger partial charge in [0.1, 0.15) is 6.04 Å². The van der Waals surface area contributed by atoms with Crippen molar-refractivity contribution in [1.29, 1.82) is 0 Å². The van der Waals surface area contributed by atoms with Gasteiger partial charge in [0.25, 0.3) is 0 Å². The third kappa shape index (κ3) is 2.61. The molecular formula is C12H15N3O4S. The fourth-order valence-electron chi connectivity index (χ4n) is 2.35. The van der Waals surface area contributed by atoms with E-state index in [1.165, 1.54) is 11.3 Å². The predicted molar refractivity (Wildman–Crippen MR) is 71.9 cm³/mol. The highest BCUT2D eigenvalue weighted by atomic mass is 32.1. The number of amides is 2. The van der Waals surface area contributed by atoms with Crippen LogP contribution in [0, 0.1) is 0 Å². The van der Waals surface area contributed by atoms with Crippen LogP contribution in [0.1, 0.15) is 30.9 Å². The van der Waals surface area contributed by atoms with Crippen LogP contribution in [0.3, 0.4) is 0 Å². The lowest BCUT2D eigenvalue weighted by atomic mass is 10.2. The molecule has 2 amide bonds. The van der Waals surface area contributed by atoms with Crippen molar-refractivity contribution in [2.75, 3.05) is 11.9 Å². The van der Waals surface area contributed by atoms with Crippen molar-refractivity contribution >= 4 is 28.5 Å². The minimum atomic E-state index is -1.10. The zero-order chi connectivity index (χ0) is 14.3. The Morgan fingerprint density at radius 3 is 2.85 bits per heavy atom. The normalized spacial score (nSPS) is 25.8. The van der Waals surface area contributed by atoms with E-state index < -0.39 is 24.1 Å². The summed E-state index contributed by atoms with van der Waals surface area (Å²) >= 11 is 1.34. The smallest absolute Gasteiger partial charge is 0.326 e. The lowest BCUT2D eigenvalue weighted by Crippen LogP contribution is -2.43. The first-order valence-corrected chi connectivity index (χ1v) is 7.36. The molecule has 3 N–H and O–H groups in total. The molecule has 2 atom stereocenters. The van der Waals surface area contributed by atoms with Gasteiger partial charge in [-0.15, -0.1) is 11.3 Å². The Morgan fingerprint density at radius 2 is 2.20 bits per heavy atom. The van der Waals surface area contributed by atoms with Gasteiger partial charge in [0.15, 0.2) is 5.13 Å². The summed E-state index contributed by atoms with van der Waals surface area (Å²) in [7, 11) is 0. The molecule has 0 spiro atoms. The maximum Gasteiger partial charge on any atom is 0.326 e. The summed E-state index contributed by atoms with van der Waals surface area (Å²) in [5, 5.41) is 23.6. The van der Waals surface area contributed by atoms with E-state index in [2.05, 4.69) is 10.3 Å². The van der Waals surface area contributed by atoms with Crippen LogP contribution in [-0.4, -0.2) is 50.8 Å². The number of hydrogen-bond acceptors (Lipinski definition) is 5. The second kappa shape index (κ2) is 5.02. The number of carbonyl (C=O) groups is 2. The molecule has 1 aliphatic heterocycles. The van der Waals surface area contributed by atoms with Gasteiger partial charge in [-0.3, -0.25) is 5.32 Å². The van der Waals surface area contributed by atoms with Gasteiger partial charge in [-0.25, -0.2) is 14.6 Å². The number of nitrogens with one attached hydrogen (secondary N) is 1. The molecule has 20 heavy (non-hydrogen) atoms. The highest BCUT2D eigenvalue weighted by molar-refractivity contribution is 7.13. The van der Waals surface area contributed by atoms with Gasteiger partial charge in [-0.05, 0) is 12.8 Å². The molecule has 2 aliphatic rings. The first-order valence-electron chi connectivity index (χ1n) is 6.48. The average Bonchev–Trinajstić information content (AvgIpc) is 3.01. The summed E-state index contributed by atoms with van der Waals surface area (Å²) in [6, 6.07) is -1.50. The maximum atomic E-state index is 12.1. The highest BCUT2D eigenvalue weighted by Gasteiger charge is 2.39. The van der Waals surface area contributed by atoms with Crippen molar-refractivity contribution in [3.05, 3.63) is 11.1 Å². The van der Waals surface area contributed by atoms with Crippen LogP contribution in [0.4, 0.5) is 9.93 Å². The van der Waals surface area contributed by atoms with Gasteiger partial charge in [-0.2, -0.15) is 0 Å². The van der Waals surface area contributed by atoms with Gasteiger partial charge in [0.2, 0.25) is 0 Å². The van der Waals surface area contributed by atoms with Crippen LogP contribution >= 0.6 is 11.3 Å². The van der Waals surface area contributed by atoms with E-state index >= 15 is 0 Å². The fourth-order valence-corrected chi connectivity index (χ4v) is 3.13. The standard InChI is InChI=1S/C12H15N3O4S/c16-7-3-9(10(17)18)15(4-7)12(19)14-11-13-8(5-20-11)6-1-2-6/h5-7,9,16H,1-4H2,(H,17,18)(H,13,14,19)/t7?,9-/m0/s1. The van der Waals surface area contributed by atoms with E-state index in [9.17, 15) is 14.7 Å². The number of anilines is 1. The second-order valence-corrected chi connectivity index (χ2v) is 6.04. The van der Waals surface area contributed by atoms with Crippen LogP contribution in [0.25, 0.3) is 0 Å². The molecule has 0 radical (unpaired) electrons. The number of likely N-dealkylation sites (tertiary alicyclic amines) is 1. The number of urea groups is 1. The largest absolute Gasteiger partial charge is 0.480 e. The molecule has 1 unspecified atom stereocenters. The molecule has 1 aliphatic carbocycles. The van der Waals surface area contributed by atoms with Crippen LogP contribution < -0.4 is 5.32 Å². The molecule has 8 heteroatoms. The fraction of sp³-hybridized carbons (Fsp3) is 0.583. The van der Waals surface area contributed by atoms with Crippen molar-refractivity contribution < 1.29 is 19.8 Å². The van der Waals surface area contributed by atoms with E-state index in [-0.39, 0.29) is 13.0 Å². The molecule has 0 aromatic carbocycles. The lowest BCUT2D eigenvalue weighted by Gasteiger charge is -2.20. The van der Waals surface area contributed by atoms with Crippen LogP contribution in [0.2, 0.25) is 0 Å². The van der Waals surface area contributed by atoms with Crippen molar-refractivity contribution in [1.82, 2.24) is 9.88 Å². The van der Waals surface area contributed by atoms with Crippen molar-refractivity contribution in [3.8, 4) is 0 Å². The van der Waals surface area contributed by atoms with Crippen molar-refractivity contribution in [2.24, 2.45) is 0 Å².